The van der Waals surface area contributed by atoms with Crippen LogP contribution in [-0.4, -0.2) is 0 Å². The van der Waals surface area contributed by atoms with Crippen molar-refractivity contribution in [2.45, 2.75) is 0 Å². The summed E-state index contributed by atoms with van der Waals surface area (Å²) in [7, 11) is 0. The molecule has 0 heterocycles. The second-order valence-corrected chi connectivity index (χ2v) is 4.69. The van der Waals surface area contributed by atoms with Gasteiger partial charge in [0.25, 0.3) is 0 Å². The van der Waals surface area contributed by atoms with Crippen LogP contribution in [0.2, 0.25) is 0 Å². The molecule has 4 rings (SSSR count). The molecule has 20 radical (unpaired) electrons. The van der Waals surface area contributed by atoms with Gasteiger partial charge in [-0.3, -0.25) is 0 Å². The standard InChI is InChI=1S/2C10H8.2Mo/c2*1-2-6-9(5-1)10-7-3-4-8-10;;/h2*1-8H;;. The maximum Gasteiger partial charge on any atom is 0 e. The predicted octanol–water partition coefficient (Wildman–Crippen LogP) is 3.59. The second kappa shape index (κ2) is 11.8. The van der Waals surface area contributed by atoms with E-state index in [1.807, 2.05) is 0 Å². The van der Waals surface area contributed by atoms with Crippen LogP contribution >= 0.6 is 0 Å². The van der Waals surface area contributed by atoms with Crippen LogP contribution in [0.1, 0.15) is 0 Å². The molecule has 0 unspecified atom stereocenters. The van der Waals surface area contributed by atoms with Crippen LogP contribution in [-0.2, 0) is 42.1 Å². The summed E-state index contributed by atoms with van der Waals surface area (Å²) in [6, 6.07) is 0. The fourth-order valence-corrected chi connectivity index (χ4v) is 2.27. The zero-order chi connectivity index (χ0) is 13.6. The van der Waals surface area contributed by atoms with Gasteiger partial charge in [-0.2, -0.15) is 0 Å². The normalized spacial score (nSPS) is 27.3. The molecule has 0 amide bonds. The molecule has 0 spiro atoms. The van der Waals surface area contributed by atoms with Gasteiger partial charge in [-0.1, -0.05) is 0 Å². The summed E-state index contributed by atoms with van der Waals surface area (Å²) in [4.78, 5) is 0. The van der Waals surface area contributed by atoms with Gasteiger partial charge in [0.15, 0.2) is 0 Å². The van der Waals surface area contributed by atoms with E-state index < -0.39 is 0 Å². The Morgan fingerprint density at radius 2 is 0.409 bits per heavy atom. The fraction of sp³-hybridized carbons (Fsp3) is 0. The van der Waals surface area contributed by atoms with E-state index in [0.29, 0.717) is 0 Å². The Hall–Kier alpha value is 1.38. The van der Waals surface area contributed by atoms with Crippen molar-refractivity contribution in [3.8, 4) is 0 Å². The average Bonchev–Trinajstić information content (AvgIpc) is 3.29. The Labute approximate surface area is 167 Å². The number of rotatable bonds is 2. The first-order chi connectivity index (χ1) is 9.93. The molecule has 108 valence electrons. The first-order valence-electron chi connectivity index (χ1n) is 6.81. The van der Waals surface area contributed by atoms with Crippen LogP contribution in [0.4, 0.5) is 0 Å². The van der Waals surface area contributed by atoms with E-state index in [-0.39, 0.29) is 42.1 Å². The minimum Gasteiger partial charge on any atom is -0.0309 e. The topological polar surface area (TPSA) is 0 Å². The third kappa shape index (κ3) is 6.35. The van der Waals surface area contributed by atoms with Crippen molar-refractivity contribution in [2.75, 3.05) is 0 Å². The molecular weight excluding hydrogens is 432 g/mol. The molecule has 4 fully saturated rings. The van der Waals surface area contributed by atoms with Crippen LogP contribution in [0.25, 0.3) is 0 Å². The van der Waals surface area contributed by atoms with Gasteiger partial charge in [0.2, 0.25) is 0 Å². The van der Waals surface area contributed by atoms with Crippen molar-refractivity contribution < 1.29 is 42.1 Å². The predicted molar refractivity (Wildman–Crippen MR) is 81.8 cm³/mol. The fourth-order valence-electron chi connectivity index (χ4n) is 2.27. The molecule has 22 heavy (non-hydrogen) atoms. The van der Waals surface area contributed by atoms with Crippen molar-refractivity contribution in [2.24, 2.45) is 0 Å². The van der Waals surface area contributed by atoms with Gasteiger partial charge in [0, 0.05) is 42.1 Å². The average molecular weight is 448 g/mol. The Bertz CT molecular complexity index is 199. The molecule has 0 N–H and O–H groups in total. The molecular formula is C20H16Mo2. The summed E-state index contributed by atoms with van der Waals surface area (Å²) < 4.78 is 0. The van der Waals surface area contributed by atoms with E-state index >= 15 is 0 Å². The molecule has 4 aliphatic carbocycles. The molecule has 4 saturated carbocycles. The zero-order valence-electron chi connectivity index (χ0n) is 12.1. The van der Waals surface area contributed by atoms with Crippen molar-refractivity contribution in [3.05, 3.63) is 126 Å². The Morgan fingerprint density at radius 3 is 0.545 bits per heavy atom. The summed E-state index contributed by atoms with van der Waals surface area (Å²) in [5, 5.41) is 0. The van der Waals surface area contributed by atoms with Crippen LogP contribution in [0.5, 0.6) is 0 Å². The largest absolute Gasteiger partial charge is 0.0309 e. The minimum atomic E-state index is 0. The van der Waals surface area contributed by atoms with Crippen molar-refractivity contribution >= 4 is 0 Å². The van der Waals surface area contributed by atoms with Crippen LogP contribution < -0.4 is 0 Å². The first kappa shape index (κ1) is 21.4. The molecule has 0 nitrogen and oxygen atoms in total. The van der Waals surface area contributed by atoms with E-state index in [1.54, 1.807) is 0 Å². The molecule has 0 aliphatic heterocycles. The van der Waals surface area contributed by atoms with Crippen molar-refractivity contribution in [3.63, 3.8) is 0 Å². The van der Waals surface area contributed by atoms with E-state index in [0.717, 1.165) is 0 Å². The summed E-state index contributed by atoms with van der Waals surface area (Å²) in [6.45, 7) is 0. The van der Waals surface area contributed by atoms with Crippen LogP contribution in [0.3, 0.4) is 0 Å². The van der Waals surface area contributed by atoms with Gasteiger partial charge in [-0.05, 0) is 126 Å². The van der Waals surface area contributed by atoms with Gasteiger partial charge >= 0.3 is 0 Å². The molecule has 0 bridgehead atoms. The third-order valence-electron chi connectivity index (χ3n) is 3.32. The summed E-state index contributed by atoms with van der Waals surface area (Å²) >= 11 is 0. The van der Waals surface area contributed by atoms with Gasteiger partial charge in [0.05, 0.1) is 0 Å². The summed E-state index contributed by atoms with van der Waals surface area (Å²) in [6.07, 6.45) is 33.4. The summed E-state index contributed by atoms with van der Waals surface area (Å²) in [5.74, 6) is 5.24. The second-order valence-electron chi connectivity index (χ2n) is 4.69. The van der Waals surface area contributed by atoms with Crippen LogP contribution in [0.15, 0.2) is 0 Å². The maximum absolute atomic E-state index is 2.12. The maximum atomic E-state index is 2.12. The SMILES string of the molecule is [CH]1[CH][CH][C]([C]2[CH][CH][CH][CH]2)[CH]1.[CH]1[CH][CH][C]([C]2[CH][CH][CH][CH]2)[CH]1.[Mo].[Mo]. The number of hydrogen-bond acceptors (Lipinski definition) is 0. The zero-order valence-corrected chi connectivity index (χ0v) is 16.1. The first-order valence-corrected chi connectivity index (χ1v) is 6.81. The van der Waals surface area contributed by atoms with Gasteiger partial charge < -0.3 is 0 Å². The molecule has 2 heteroatoms. The molecule has 0 aromatic heterocycles. The molecule has 0 saturated heterocycles. The Balaban J connectivity index is 0.000000202. The van der Waals surface area contributed by atoms with Crippen LogP contribution in [0, 0.1) is 126 Å². The third-order valence-corrected chi connectivity index (χ3v) is 3.32. The Morgan fingerprint density at radius 1 is 0.273 bits per heavy atom. The quantitative estimate of drug-likeness (QED) is 0.567. The number of hydrogen-bond donors (Lipinski definition) is 0. The van der Waals surface area contributed by atoms with Gasteiger partial charge in [-0.25, -0.2) is 0 Å². The Kier molecular flexibility index (Phi) is 11.5. The van der Waals surface area contributed by atoms with Crippen molar-refractivity contribution in [1.82, 2.24) is 0 Å². The molecule has 0 aromatic carbocycles. The smallest absolute Gasteiger partial charge is 0 e. The van der Waals surface area contributed by atoms with E-state index in [2.05, 4.69) is 103 Å². The van der Waals surface area contributed by atoms with E-state index in [9.17, 15) is 0 Å². The summed E-state index contributed by atoms with van der Waals surface area (Å²) in [5.41, 5.74) is 0. The molecule has 0 aromatic rings. The van der Waals surface area contributed by atoms with E-state index in [4.69, 9.17) is 0 Å². The monoisotopic (exact) mass is 452 g/mol. The molecule has 4 aliphatic rings. The minimum absolute atomic E-state index is 0. The van der Waals surface area contributed by atoms with Gasteiger partial charge in [-0.15, -0.1) is 0 Å². The van der Waals surface area contributed by atoms with Crippen molar-refractivity contribution in [1.29, 1.82) is 0 Å². The van der Waals surface area contributed by atoms with E-state index in [1.165, 1.54) is 23.7 Å². The van der Waals surface area contributed by atoms with Gasteiger partial charge in [0.1, 0.15) is 0 Å². The molecule has 0 atom stereocenters.